The van der Waals surface area contributed by atoms with E-state index in [9.17, 15) is 0 Å². The lowest BCUT2D eigenvalue weighted by Gasteiger charge is -2.23. The molecule has 1 saturated carbocycles. The van der Waals surface area contributed by atoms with Crippen LogP contribution in [0.4, 0.5) is 5.13 Å². The van der Waals surface area contributed by atoms with E-state index in [4.69, 9.17) is 4.98 Å². The Balaban J connectivity index is 1.79. The summed E-state index contributed by atoms with van der Waals surface area (Å²) in [6, 6.07) is 1.42. The quantitative estimate of drug-likeness (QED) is 0.895. The zero-order chi connectivity index (χ0) is 15.0. The lowest BCUT2D eigenvalue weighted by Crippen LogP contribution is -2.31. The average molecular weight is 326 g/mol. The van der Waals surface area contributed by atoms with Crippen LogP contribution in [0, 0.1) is 0 Å². The Morgan fingerprint density at radius 1 is 1.29 bits per heavy atom. The molecule has 1 saturated heterocycles. The van der Waals surface area contributed by atoms with E-state index in [-0.39, 0.29) is 5.41 Å². The fraction of sp³-hybridized carbons (Fsp3) is 0.812. The summed E-state index contributed by atoms with van der Waals surface area (Å²) in [5.74, 6) is 2.54. The summed E-state index contributed by atoms with van der Waals surface area (Å²) >= 11 is 3.96. The van der Waals surface area contributed by atoms with Gasteiger partial charge in [-0.2, -0.15) is 11.8 Å². The van der Waals surface area contributed by atoms with Crippen molar-refractivity contribution in [1.29, 1.82) is 0 Å². The first-order valence-electron chi connectivity index (χ1n) is 7.99. The maximum Gasteiger partial charge on any atom is 0.185 e. The van der Waals surface area contributed by atoms with Crippen LogP contribution in [-0.2, 0) is 12.0 Å². The van der Waals surface area contributed by atoms with Crippen molar-refractivity contribution in [2.24, 2.45) is 0 Å². The third kappa shape index (κ3) is 3.74. The number of anilines is 1. The zero-order valence-corrected chi connectivity index (χ0v) is 15.2. The SMILES string of the molecule is CN(c1nc(C(C)(C)C)c(CNC2CC2)s1)C1CCSC1. The van der Waals surface area contributed by atoms with Gasteiger partial charge in [-0.05, 0) is 25.0 Å². The van der Waals surface area contributed by atoms with E-state index in [0.29, 0.717) is 6.04 Å². The Bertz CT molecular complexity index is 482. The van der Waals surface area contributed by atoms with Crippen molar-refractivity contribution < 1.29 is 0 Å². The third-order valence-electron chi connectivity index (χ3n) is 4.28. The highest BCUT2D eigenvalue weighted by atomic mass is 32.2. The highest BCUT2D eigenvalue weighted by Gasteiger charge is 2.28. The highest BCUT2D eigenvalue weighted by Crippen LogP contribution is 2.36. The number of nitrogens with one attached hydrogen (secondary N) is 1. The van der Waals surface area contributed by atoms with E-state index < -0.39 is 0 Å². The Morgan fingerprint density at radius 3 is 2.62 bits per heavy atom. The van der Waals surface area contributed by atoms with E-state index in [1.54, 1.807) is 0 Å². The van der Waals surface area contributed by atoms with Crippen LogP contribution < -0.4 is 10.2 Å². The fourth-order valence-corrected chi connectivity index (χ4v) is 5.23. The minimum Gasteiger partial charge on any atom is -0.347 e. The van der Waals surface area contributed by atoms with Gasteiger partial charge < -0.3 is 10.2 Å². The van der Waals surface area contributed by atoms with Crippen LogP contribution in [0.5, 0.6) is 0 Å². The molecular weight excluding hydrogens is 298 g/mol. The highest BCUT2D eigenvalue weighted by molar-refractivity contribution is 7.99. The molecular formula is C16H27N3S2. The largest absolute Gasteiger partial charge is 0.347 e. The van der Waals surface area contributed by atoms with E-state index in [1.165, 1.54) is 46.5 Å². The molecule has 0 amide bonds. The van der Waals surface area contributed by atoms with Gasteiger partial charge in [-0.25, -0.2) is 4.98 Å². The van der Waals surface area contributed by atoms with Crippen LogP contribution in [0.1, 0.15) is 50.6 Å². The molecule has 1 unspecified atom stereocenters. The molecule has 0 spiro atoms. The molecule has 2 heterocycles. The number of hydrogen-bond acceptors (Lipinski definition) is 5. The summed E-state index contributed by atoms with van der Waals surface area (Å²) in [5, 5.41) is 4.86. The first kappa shape index (κ1) is 15.6. The molecule has 2 fully saturated rings. The second-order valence-corrected chi connectivity index (χ2v) is 9.51. The Kier molecular flexibility index (Phi) is 4.53. The molecule has 21 heavy (non-hydrogen) atoms. The van der Waals surface area contributed by atoms with Gasteiger partial charge in [0.2, 0.25) is 0 Å². The van der Waals surface area contributed by atoms with Crippen molar-refractivity contribution in [3.05, 3.63) is 10.6 Å². The number of hydrogen-bond donors (Lipinski definition) is 1. The van der Waals surface area contributed by atoms with E-state index in [2.05, 4.69) is 49.8 Å². The van der Waals surface area contributed by atoms with Gasteiger partial charge in [0.1, 0.15) is 0 Å². The van der Waals surface area contributed by atoms with E-state index in [1.807, 2.05) is 11.3 Å². The molecule has 2 aliphatic rings. The molecule has 0 aromatic carbocycles. The second kappa shape index (κ2) is 6.09. The first-order valence-corrected chi connectivity index (χ1v) is 9.96. The molecule has 1 atom stereocenters. The molecule has 3 nitrogen and oxygen atoms in total. The smallest absolute Gasteiger partial charge is 0.185 e. The third-order valence-corrected chi connectivity index (χ3v) is 6.57. The predicted molar refractivity (Wildman–Crippen MR) is 94.8 cm³/mol. The average Bonchev–Trinajstić information content (AvgIpc) is 2.94. The van der Waals surface area contributed by atoms with Gasteiger partial charge in [0.05, 0.1) is 5.69 Å². The van der Waals surface area contributed by atoms with Gasteiger partial charge in [-0.15, -0.1) is 11.3 Å². The summed E-state index contributed by atoms with van der Waals surface area (Å²) < 4.78 is 0. The number of rotatable bonds is 5. The van der Waals surface area contributed by atoms with Crippen LogP contribution in [0.2, 0.25) is 0 Å². The Labute approximate surface area is 136 Å². The summed E-state index contributed by atoms with van der Waals surface area (Å²) in [6.07, 6.45) is 3.98. The molecule has 1 aliphatic carbocycles. The monoisotopic (exact) mass is 325 g/mol. The maximum atomic E-state index is 5.02. The van der Waals surface area contributed by atoms with Gasteiger partial charge in [-0.3, -0.25) is 0 Å². The zero-order valence-electron chi connectivity index (χ0n) is 13.6. The van der Waals surface area contributed by atoms with Gasteiger partial charge in [0.15, 0.2) is 5.13 Å². The standard InChI is InChI=1S/C16H27N3S2/c1-16(2,3)14-13(9-17-11-5-6-11)21-15(18-14)19(4)12-7-8-20-10-12/h11-12,17H,5-10H2,1-4H3. The molecule has 3 rings (SSSR count). The van der Waals surface area contributed by atoms with Crippen LogP contribution in [0.15, 0.2) is 0 Å². The predicted octanol–water partition coefficient (Wildman–Crippen LogP) is 3.63. The Morgan fingerprint density at radius 2 is 2.05 bits per heavy atom. The summed E-state index contributed by atoms with van der Waals surface area (Å²) in [5.41, 5.74) is 1.41. The van der Waals surface area contributed by atoms with Gasteiger partial charge >= 0.3 is 0 Å². The number of thiazole rings is 1. The molecule has 0 bridgehead atoms. The van der Waals surface area contributed by atoms with Crippen LogP contribution in [0.25, 0.3) is 0 Å². The lowest BCUT2D eigenvalue weighted by molar-refractivity contribution is 0.557. The van der Waals surface area contributed by atoms with Crippen molar-refractivity contribution in [1.82, 2.24) is 10.3 Å². The maximum absolute atomic E-state index is 5.02. The molecule has 1 N–H and O–H groups in total. The Hall–Kier alpha value is -0.260. The lowest BCUT2D eigenvalue weighted by atomic mass is 9.91. The van der Waals surface area contributed by atoms with Crippen molar-refractivity contribution in [3.63, 3.8) is 0 Å². The van der Waals surface area contributed by atoms with Crippen LogP contribution in [-0.4, -0.2) is 35.6 Å². The van der Waals surface area contributed by atoms with Crippen molar-refractivity contribution >= 4 is 28.2 Å². The number of thioether (sulfide) groups is 1. The van der Waals surface area contributed by atoms with E-state index in [0.717, 1.165) is 12.6 Å². The van der Waals surface area contributed by atoms with Gasteiger partial charge in [0, 0.05) is 41.7 Å². The summed E-state index contributed by atoms with van der Waals surface area (Å²) in [6.45, 7) is 7.82. The van der Waals surface area contributed by atoms with Gasteiger partial charge in [-0.1, -0.05) is 20.8 Å². The molecule has 1 aromatic rings. The molecule has 1 aliphatic heterocycles. The number of nitrogens with zero attached hydrogens (tertiary/aromatic N) is 2. The topological polar surface area (TPSA) is 28.2 Å². The van der Waals surface area contributed by atoms with Crippen molar-refractivity contribution in [3.8, 4) is 0 Å². The first-order chi connectivity index (χ1) is 9.95. The minimum atomic E-state index is 0.126. The molecule has 118 valence electrons. The molecule has 5 heteroatoms. The molecule has 1 aromatic heterocycles. The van der Waals surface area contributed by atoms with Gasteiger partial charge in [0.25, 0.3) is 0 Å². The van der Waals surface area contributed by atoms with E-state index >= 15 is 0 Å². The van der Waals surface area contributed by atoms with Crippen LogP contribution in [0.3, 0.4) is 0 Å². The van der Waals surface area contributed by atoms with Crippen LogP contribution >= 0.6 is 23.1 Å². The molecule has 0 radical (unpaired) electrons. The summed E-state index contributed by atoms with van der Waals surface area (Å²) in [4.78, 5) is 8.87. The normalized spacial score (nSPS) is 22.8. The minimum absolute atomic E-state index is 0.126. The second-order valence-electron chi connectivity index (χ2n) is 7.30. The number of aromatic nitrogens is 1. The summed E-state index contributed by atoms with van der Waals surface area (Å²) in [7, 11) is 2.22. The fourth-order valence-electron chi connectivity index (χ4n) is 2.70. The van der Waals surface area contributed by atoms with Crippen molar-refractivity contribution in [2.75, 3.05) is 23.5 Å². The van der Waals surface area contributed by atoms with Crippen molar-refractivity contribution in [2.45, 2.75) is 64.1 Å².